The number of aliphatic imine (C=N–C) groups is 1. The van der Waals surface area contributed by atoms with Gasteiger partial charge < -0.3 is 20.1 Å². The number of aromatic nitrogens is 2. The molecule has 9 nitrogen and oxygen atoms in total. The van der Waals surface area contributed by atoms with E-state index in [-0.39, 0.29) is 5.92 Å². The Morgan fingerprint density at radius 2 is 1.93 bits per heavy atom. The Bertz CT molecular complexity index is 1440. The molecule has 1 saturated carbocycles. The van der Waals surface area contributed by atoms with Crippen LogP contribution in [0.1, 0.15) is 51.5 Å². The summed E-state index contributed by atoms with van der Waals surface area (Å²) in [6, 6.07) is 7.76. The van der Waals surface area contributed by atoms with Crippen LogP contribution >= 0.6 is 7.37 Å². The van der Waals surface area contributed by atoms with E-state index in [0.29, 0.717) is 40.7 Å². The number of hydrogen-bond donors (Lipinski definition) is 2. The Kier molecular flexibility index (Phi) is 8.38. The SMILES string of the molecule is CC1(C)Oc2ncnc(N)c2N=C1C1=CCC([C@H]2CC[C@H](CP(=O)(O)c3cccc(CN4CCOCC4)c3)CC2)C=C1. The van der Waals surface area contributed by atoms with Crippen molar-refractivity contribution >= 4 is 29.9 Å². The highest BCUT2D eigenvalue weighted by Gasteiger charge is 2.37. The Labute approximate surface area is 248 Å². The summed E-state index contributed by atoms with van der Waals surface area (Å²) < 4.78 is 25.1. The summed E-state index contributed by atoms with van der Waals surface area (Å²) in [7, 11) is -3.42. The average molecular weight is 592 g/mol. The number of nitrogens with two attached hydrogens (primary N) is 1. The first-order valence-electron chi connectivity index (χ1n) is 15.2. The van der Waals surface area contributed by atoms with E-state index in [4.69, 9.17) is 20.2 Å². The van der Waals surface area contributed by atoms with Gasteiger partial charge in [0.2, 0.25) is 13.2 Å². The lowest BCUT2D eigenvalue weighted by molar-refractivity contribution is 0.0342. The van der Waals surface area contributed by atoms with E-state index >= 15 is 0 Å². The molecular weight excluding hydrogens is 549 g/mol. The largest absolute Gasteiger partial charge is 0.463 e. The van der Waals surface area contributed by atoms with Crippen LogP contribution in [0.2, 0.25) is 0 Å². The number of nitrogens with zero attached hydrogens (tertiary/aromatic N) is 4. The van der Waals surface area contributed by atoms with Crippen molar-refractivity contribution in [2.24, 2.45) is 22.7 Å². The van der Waals surface area contributed by atoms with Gasteiger partial charge in [-0.2, -0.15) is 4.98 Å². The van der Waals surface area contributed by atoms with Gasteiger partial charge in [0.05, 0.1) is 18.9 Å². The highest BCUT2D eigenvalue weighted by molar-refractivity contribution is 7.66. The molecule has 0 bridgehead atoms. The number of rotatable bonds is 7. The number of ether oxygens (including phenoxy) is 2. The summed E-state index contributed by atoms with van der Waals surface area (Å²) in [5.74, 6) is 2.05. The highest BCUT2D eigenvalue weighted by Crippen LogP contribution is 2.47. The molecule has 4 aliphatic rings. The molecule has 0 amide bonds. The maximum Gasteiger partial charge on any atom is 0.246 e. The molecule has 3 N–H and O–H groups in total. The smallest absolute Gasteiger partial charge is 0.246 e. The van der Waals surface area contributed by atoms with Crippen molar-refractivity contribution in [2.75, 3.05) is 38.2 Å². The molecule has 2 aliphatic carbocycles. The van der Waals surface area contributed by atoms with E-state index in [1.54, 1.807) is 0 Å². The van der Waals surface area contributed by atoms with Crippen LogP contribution in [0, 0.1) is 17.8 Å². The van der Waals surface area contributed by atoms with E-state index in [2.05, 4.69) is 39.2 Å². The number of fused-ring (bicyclic) bond motifs is 1. The lowest BCUT2D eigenvalue weighted by Gasteiger charge is -2.36. The van der Waals surface area contributed by atoms with Crippen molar-refractivity contribution in [3.63, 3.8) is 0 Å². The van der Waals surface area contributed by atoms with Crippen molar-refractivity contribution in [1.82, 2.24) is 14.9 Å². The normalized spacial score (nSPS) is 27.3. The molecule has 2 atom stereocenters. The zero-order valence-electron chi connectivity index (χ0n) is 24.6. The van der Waals surface area contributed by atoms with Crippen LogP contribution in [-0.2, 0) is 15.8 Å². The molecule has 10 heteroatoms. The molecule has 0 spiro atoms. The maximum atomic E-state index is 13.5. The third kappa shape index (κ3) is 6.40. The average Bonchev–Trinajstić information content (AvgIpc) is 2.98. The van der Waals surface area contributed by atoms with Gasteiger partial charge in [-0.15, -0.1) is 0 Å². The van der Waals surface area contributed by atoms with E-state index in [1.807, 2.05) is 32.0 Å². The molecule has 1 aromatic carbocycles. The monoisotopic (exact) mass is 591 g/mol. The summed E-state index contributed by atoms with van der Waals surface area (Å²) in [4.78, 5) is 26.6. The zero-order valence-corrected chi connectivity index (χ0v) is 25.5. The Hall–Kier alpha value is -2.84. The van der Waals surface area contributed by atoms with E-state index in [1.165, 1.54) is 6.33 Å². The Morgan fingerprint density at radius 1 is 1.14 bits per heavy atom. The second-order valence-corrected chi connectivity index (χ2v) is 14.9. The van der Waals surface area contributed by atoms with Gasteiger partial charge in [0, 0.05) is 31.1 Å². The van der Waals surface area contributed by atoms with E-state index in [0.717, 1.165) is 81.8 Å². The number of hydrogen-bond acceptors (Lipinski definition) is 8. The van der Waals surface area contributed by atoms with Gasteiger partial charge in [-0.05, 0) is 87.0 Å². The number of benzene rings is 1. The third-order valence-electron chi connectivity index (χ3n) is 9.20. The summed E-state index contributed by atoms with van der Waals surface area (Å²) in [6.45, 7) is 8.08. The predicted octanol–water partition coefficient (Wildman–Crippen LogP) is 5.04. The topological polar surface area (TPSA) is 123 Å². The fourth-order valence-corrected chi connectivity index (χ4v) is 8.77. The molecule has 2 aliphatic heterocycles. The fraction of sp³-hybridized carbons (Fsp3) is 0.531. The van der Waals surface area contributed by atoms with Crippen LogP contribution in [0.3, 0.4) is 0 Å². The minimum atomic E-state index is -3.42. The molecule has 224 valence electrons. The zero-order chi connectivity index (χ0) is 29.3. The van der Waals surface area contributed by atoms with Gasteiger partial charge in [-0.1, -0.05) is 30.4 Å². The summed E-state index contributed by atoms with van der Waals surface area (Å²) >= 11 is 0. The van der Waals surface area contributed by atoms with E-state index < -0.39 is 13.0 Å². The number of anilines is 1. The van der Waals surface area contributed by atoms with Crippen LogP contribution in [0.15, 0.2) is 59.4 Å². The standard InChI is InChI=1S/C32H42N5O4P/c1-32(2)29(36-28-30(33)34-21-35-31(28)41-32)26-12-10-25(11-13-26)24-8-6-22(7-9-24)20-42(38,39)27-5-3-4-23(18-27)19-37-14-16-40-17-15-37/h3-5,10,12-13,18,21-22,24-25H,6-9,11,14-17,19-20H2,1-2H3,(H,38,39)(H2,33,34,35)/t22-,24-,25?. The van der Waals surface area contributed by atoms with Gasteiger partial charge in [-0.3, -0.25) is 9.46 Å². The molecule has 3 heterocycles. The lowest BCUT2D eigenvalue weighted by atomic mass is 9.73. The second kappa shape index (κ2) is 12.0. The van der Waals surface area contributed by atoms with Crippen LogP contribution in [0.25, 0.3) is 0 Å². The van der Waals surface area contributed by atoms with Crippen LogP contribution in [0.5, 0.6) is 5.88 Å². The van der Waals surface area contributed by atoms with Crippen molar-refractivity contribution in [1.29, 1.82) is 0 Å². The number of morpholine rings is 1. The van der Waals surface area contributed by atoms with E-state index in [9.17, 15) is 9.46 Å². The molecule has 1 saturated heterocycles. The van der Waals surface area contributed by atoms with Crippen LogP contribution < -0.4 is 15.8 Å². The molecule has 1 aromatic heterocycles. The molecule has 2 fully saturated rings. The van der Waals surface area contributed by atoms with Gasteiger partial charge in [0.25, 0.3) is 0 Å². The fourth-order valence-electron chi connectivity index (χ4n) is 6.81. The summed E-state index contributed by atoms with van der Waals surface area (Å²) in [5.41, 5.74) is 8.90. The van der Waals surface area contributed by atoms with Gasteiger partial charge in [-0.25, -0.2) is 9.98 Å². The lowest BCUT2D eigenvalue weighted by Crippen LogP contribution is -2.41. The van der Waals surface area contributed by atoms with Crippen molar-refractivity contribution in [3.8, 4) is 5.88 Å². The first-order valence-corrected chi connectivity index (χ1v) is 17.0. The first kappa shape index (κ1) is 29.2. The van der Waals surface area contributed by atoms with Crippen molar-refractivity contribution < 1.29 is 18.9 Å². The number of allylic oxidation sites excluding steroid dienone is 3. The van der Waals surface area contributed by atoms with Crippen LogP contribution in [0.4, 0.5) is 11.5 Å². The van der Waals surface area contributed by atoms with Gasteiger partial charge in [0.1, 0.15) is 11.9 Å². The predicted molar refractivity (Wildman–Crippen MR) is 166 cm³/mol. The third-order valence-corrected chi connectivity index (χ3v) is 11.3. The first-order chi connectivity index (χ1) is 20.2. The minimum Gasteiger partial charge on any atom is -0.463 e. The van der Waals surface area contributed by atoms with Crippen molar-refractivity contribution in [2.45, 2.75) is 58.1 Å². The quantitative estimate of drug-likeness (QED) is 0.430. The Balaban J connectivity index is 1.04. The highest BCUT2D eigenvalue weighted by atomic mass is 31.2. The minimum absolute atomic E-state index is 0.279. The molecule has 6 rings (SSSR count). The Morgan fingerprint density at radius 3 is 2.67 bits per heavy atom. The molecule has 2 unspecified atom stereocenters. The summed E-state index contributed by atoms with van der Waals surface area (Å²) in [5, 5.41) is 0.594. The van der Waals surface area contributed by atoms with Crippen LogP contribution in [-0.4, -0.2) is 63.5 Å². The molecular formula is C32H42N5O4P. The van der Waals surface area contributed by atoms with Crippen molar-refractivity contribution in [3.05, 3.63) is 60.0 Å². The summed E-state index contributed by atoms with van der Waals surface area (Å²) in [6.07, 6.45) is 13.6. The second-order valence-electron chi connectivity index (χ2n) is 12.6. The van der Waals surface area contributed by atoms with Gasteiger partial charge in [0.15, 0.2) is 11.5 Å². The molecule has 0 radical (unpaired) electrons. The maximum absolute atomic E-state index is 13.5. The molecule has 42 heavy (non-hydrogen) atoms. The van der Waals surface area contributed by atoms with Gasteiger partial charge >= 0.3 is 0 Å². The number of nitrogen functional groups attached to an aromatic ring is 1. The molecule has 2 aromatic rings.